The molecule has 0 unspecified atom stereocenters. The van der Waals surface area contributed by atoms with Crippen molar-refractivity contribution in [2.45, 2.75) is 11.3 Å². The van der Waals surface area contributed by atoms with Gasteiger partial charge in [0.15, 0.2) is 15.6 Å². The fourth-order valence-electron chi connectivity index (χ4n) is 3.01. The van der Waals surface area contributed by atoms with Gasteiger partial charge in [0.25, 0.3) is 0 Å². The number of carboxylic acid groups (broad SMARTS) is 1. The Morgan fingerprint density at radius 3 is 2.25 bits per heavy atom. The average Bonchev–Trinajstić information content (AvgIpc) is 2.65. The number of hydrogen-bond donors (Lipinski definition) is 1. The van der Waals surface area contributed by atoms with Crippen LogP contribution in [0.15, 0.2) is 59.5 Å². The number of ether oxygens (including phenoxy) is 1. The van der Waals surface area contributed by atoms with Crippen LogP contribution in [-0.2, 0) is 21.1 Å². The SMILES string of the molecule is COc1ccc2c(C(=O)c3ccc(S(C)(=O)=O)cc3)cc(CC(=O)O)cc2c1. The molecule has 0 spiro atoms. The van der Waals surface area contributed by atoms with E-state index in [0.29, 0.717) is 33.2 Å². The fourth-order valence-corrected chi connectivity index (χ4v) is 3.64. The summed E-state index contributed by atoms with van der Waals surface area (Å²) in [7, 11) is -1.84. The lowest BCUT2D eigenvalue weighted by molar-refractivity contribution is -0.136. The Bertz CT molecular complexity index is 1180. The molecule has 1 N–H and O–H groups in total. The lowest BCUT2D eigenvalue weighted by atomic mass is 9.94. The van der Waals surface area contributed by atoms with Gasteiger partial charge in [-0.1, -0.05) is 6.07 Å². The Hall–Kier alpha value is -3.19. The zero-order chi connectivity index (χ0) is 20.5. The van der Waals surface area contributed by atoms with Crippen molar-refractivity contribution in [1.82, 2.24) is 0 Å². The number of methoxy groups -OCH3 is 1. The van der Waals surface area contributed by atoms with E-state index >= 15 is 0 Å². The highest BCUT2D eigenvalue weighted by molar-refractivity contribution is 7.90. The summed E-state index contributed by atoms with van der Waals surface area (Å²) in [5, 5.41) is 10.5. The maximum atomic E-state index is 13.1. The van der Waals surface area contributed by atoms with Crippen LogP contribution in [0.25, 0.3) is 10.8 Å². The molecule has 0 fully saturated rings. The van der Waals surface area contributed by atoms with Crippen molar-refractivity contribution in [3.63, 3.8) is 0 Å². The van der Waals surface area contributed by atoms with Crippen molar-refractivity contribution in [1.29, 1.82) is 0 Å². The van der Waals surface area contributed by atoms with Gasteiger partial charge >= 0.3 is 5.97 Å². The summed E-state index contributed by atoms with van der Waals surface area (Å²) in [6.07, 6.45) is 0.876. The Labute approximate surface area is 162 Å². The number of carboxylic acids is 1. The van der Waals surface area contributed by atoms with Crippen LogP contribution in [0, 0.1) is 0 Å². The van der Waals surface area contributed by atoms with Gasteiger partial charge in [0.2, 0.25) is 0 Å². The number of hydrogen-bond acceptors (Lipinski definition) is 5. The quantitative estimate of drug-likeness (QED) is 0.641. The number of benzene rings is 3. The first-order valence-electron chi connectivity index (χ1n) is 8.36. The van der Waals surface area contributed by atoms with E-state index in [4.69, 9.17) is 9.84 Å². The highest BCUT2D eigenvalue weighted by Crippen LogP contribution is 2.28. The predicted molar refractivity (Wildman–Crippen MR) is 105 cm³/mol. The number of ketones is 1. The second kappa shape index (κ2) is 7.44. The number of aliphatic carboxylic acids is 1. The lowest BCUT2D eigenvalue weighted by Crippen LogP contribution is -2.06. The summed E-state index contributed by atoms with van der Waals surface area (Å²) >= 11 is 0. The largest absolute Gasteiger partial charge is 0.497 e. The topological polar surface area (TPSA) is 97.7 Å². The number of carbonyl (C=O) groups excluding carboxylic acids is 1. The maximum Gasteiger partial charge on any atom is 0.307 e. The van der Waals surface area contributed by atoms with Crippen LogP contribution in [0.4, 0.5) is 0 Å². The zero-order valence-electron chi connectivity index (χ0n) is 15.3. The fraction of sp³-hybridized carbons (Fsp3) is 0.143. The Balaban J connectivity index is 2.14. The van der Waals surface area contributed by atoms with E-state index in [-0.39, 0.29) is 17.1 Å². The van der Waals surface area contributed by atoms with Crippen molar-refractivity contribution in [3.05, 3.63) is 71.3 Å². The zero-order valence-corrected chi connectivity index (χ0v) is 16.1. The van der Waals surface area contributed by atoms with Gasteiger partial charge in [-0.2, -0.15) is 0 Å². The second-order valence-electron chi connectivity index (χ2n) is 6.43. The summed E-state index contributed by atoms with van der Waals surface area (Å²) in [5.41, 5.74) is 1.16. The highest BCUT2D eigenvalue weighted by Gasteiger charge is 2.17. The van der Waals surface area contributed by atoms with Crippen molar-refractivity contribution in [2.75, 3.05) is 13.4 Å². The molecule has 3 rings (SSSR count). The standard InChI is InChI=1S/C21H18O6S/c1-27-16-5-8-18-15(12-16)9-13(11-20(22)23)10-19(18)21(24)14-3-6-17(7-4-14)28(2,25)26/h3-10,12H,11H2,1-2H3,(H,22,23). The molecule has 0 aromatic heterocycles. The molecule has 0 radical (unpaired) electrons. The van der Waals surface area contributed by atoms with Crippen LogP contribution in [0.2, 0.25) is 0 Å². The van der Waals surface area contributed by atoms with Gasteiger partial charge in [0, 0.05) is 17.4 Å². The molecule has 6 nitrogen and oxygen atoms in total. The van der Waals surface area contributed by atoms with Gasteiger partial charge in [-0.25, -0.2) is 8.42 Å². The minimum atomic E-state index is -3.36. The molecular weight excluding hydrogens is 380 g/mol. The van der Waals surface area contributed by atoms with Crippen LogP contribution < -0.4 is 4.74 Å². The monoisotopic (exact) mass is 398 g/mol. The molecule has 0 heterocycles. The average molecular weight is 398 g/mol. The van der Waals surface area contributed by atoms with Crippen LogP contribution in [0.3, 0.4) is 0 Å². The number of fused-ring (bicyclic) bond motifs is 1. The van der Waals surface area contributed by atoms with E-state index in [1.54, 1.807) is 30.3 Å². The maximum absolute atomic E-state index is 13.1. The molecule has 3 aromatic carbocycles. The Kier molecular flexibility index (Phi) is 5.20. The van der Waals surface area contributed by atoms with Crippen molar-refractivity contribution < 1.29 is 27.9 Å². The number of carbonyl (C=O) groups is 2. The first kappa shape index (κ1) is 19.6. The molecule has 0 aliphatic heterocycles. The molecule has 0 aliphatic carbocycles. The molecule has 144 valence electrons. The molecule has 0 amide bonds. The molecule has 0 aliphatic rings. The molecule has 3 aromatic rings. The van der Waals surface area contributed by atoms with Gasteiger partial charge in [-0.3, -0.25) is 9.59 Å². The smallest absolute Gasteiger partial charge is 0.307 e. The van der Waals surface area contributed by atoms with Crippen molar-refractivity contribution >= 4 is 32.4 Å². The lowest BCUT2D eigenvalue weighted by Gasteiger charge is -2.11. The van der Waals surface area contributed by atoms with Crippen molar-refractivity contribution in [3.8, 4) is 5.75 Å². The van der Waals surface area contributed by atoms with Gasteiger partial charge in [-0.05, 0) is 64.9 Å². The summed E-state index contributed by atoms with van der Waals surface area (Å²) in [6, 6.07) is 14.2. The highest BCUT2D eigenvalue weighted by atomic mass is 32.2. The molecule has 7 heteroatoms. The molecule has 0 saturated heterocycles. The van der Waals surface area contributed by atoms with E-state index < -0.39 is 15.8 Å². The first-order valence-corrected chi connectivity index (χ1v) is 10.3. The van der Waals surface area contributed by atoms with Crippen LogP contribution in [0.5, 0.6) is 5.75 Å². The van der Waals surface area contributed by atoms with E-state index in [1.807, 2.05) is 0 Å². The predicted octanol–water partition coefficient (Wildman–Crippen LogP) is 3.11. The summed E-state index contributed by atoms with van der Waals surface area (Å²) in [5.74, 6) is -0.725. The third-order valence-corrected chi connectivity index (χ3v) is 5.49. The molecule has 28 heavy (non-hydrogen) atoms. The summed E-state index contributed by atoms with van der Waals surface area (Å²) in [4.78, 5) is 24.4. The van der Waals surface area contributed by atoms with Gasteiger partial charge < -0.3 is 9.84 Å². The molecule has 0 atom stereocenters. The van der Waals surface area contributed by atoms with E-state index in [9.17, 15) is 18.0 Å². The van der Waals surface area contributed by atoms with Crippen LogP contribution in [0.1, 0.15) is 21.5 Å². The molecule has 0 bridgehead atoms. The van der Waals surface area contributed by atoms with Crippen LogP contribution in [-0.4, -0.2) is 38.6 Å². The Morgan fingerprint density at radius 1 is 1.00 bits per heavy atom. The Morgan fingerprint density at radius 2 is 1.68 bits per heavy atom. The molecule has 0 saturated carbocycles. The van der Waals surface area contributed by atoms with E-state index in [0.717, 1.165) is 6.26 Å². The van der Waals surface area contributed by atoms with Gasteiger partial charge in [0.05, 0.1) is 18.4 Å². The van der Waals surface area contributed by atoms with E-state index in [2.05, 4.69) is 0 Å². The summed E-state index contributed by atoms with van der Waals surface area (Å²) < 4.78 is 28.4. The number of rotatable bonds is 6. The second-order valence-corrected chi connectivity index (χ2v) is 8.44. The minimum absolute atomic E-state index is 0.123. The van der Waals surface area contributed by atoms with Gasteiger partial charge in [-0.15, -0.1) is 0 Å². The first-order chi connectivity index (χ1) is 13.2. The summed E-state index contributed by atoms with van der Waals surface area (Å²) in [6.45, 7) is 0. The van der Waals surface area contributed by atoms with Crippen molar-refractivity contribution in [2.24, 2.45) is 0 Å². The number of sulfone groups is 1. The van der Waals surface area contributed by atoms with E-state index in [1.165, 1.54) is 31.4 Å². The molecular formula is C21H18O6S. The third-order valence-electron chi connectivity index (χ3n) is 4.36. The third kappa shape index (κ3) is 4.04. The normalized spacial score (nSPS) is 11.4. The van der Waals surface area contributed by atoms with Gasteiger partial charge in [0.1, 0.15) is 5.75 Å². The minimum Gasteiger partial charge on any atom is -0.497 e. The van der Waals surface area contributed by atoms with Crippen LogP contribution >= 0.6 is 0 Å².